The molecule has 0 aliphatic rings. The van der Waals surface area contributed by atoms with Crippen molar-refractivity contribution in [2.24, 2.45) is 0 Å². The number of aromatic nitrogens is 1. The van der Waals surface area contributed by atoms with E-state index in [4.69, 9.17) is 23.1 Å². The fourth-order valence-electron chi connectivity index (χ4n) is 1.86. The molecule has 0 saturated heterocycles. The molecule has 23 heavy (non-hydrogen) atoms. The van der Waals surface area contributed by atoms with E-state index in [1.807, 2.05) is 12.1 Å². The highest BCUT2D eigenvalue weighted by Gasteiger charge is 2.04. The third-order valence-corrected chi connectivity index (χ3v) is 4.41. The first-order chi connectivity index (χ1) is 10.8. The van der Waals surface area contributed by atoms with Gasteiger partial charge in [0.1, 0.15) is 0 Å². The molecule has 0 unspecified atom stereocenters. The number of pyridine rings is 1. The van der Waals surface area contributed by atoms with Crippen molar-refractivity contribution in [2.75, 3.05) is 17.7 Å². The third-order valence-electron chi connectivity index (χ3n) is 3.05. The lowest BCUT2D eigenvalue weighted by Gasteiger charge is -1.99. The lowest BCUT2D eigenvalue weighted by molar-refractivity contribution is 0.602. The highest BCUT2D eigenvalue weighted by atomic mass is 35.5. The topological polar surface area (TPSA) is 99.1 Å². The molecule has 0 bridgehead atoms. The van der Waals surface area contributed by atoms with Crippen molar-refractivity contribution in [3.05, 3.63) is 59.8 Å². The number of hydrogen-bond acceptors (Lipinski definition) is 5. The molecule has 0 atom stereocenters. The molecule has 0 radical (unpaired) electrons. The standard InChI is InChI=1S/C9H7ClN2.C7H9NO2S/c10-6-1-2-7-8(11)3-4-12-9(7)5-6;1-11(9,10)7-4-2-6(8)3-5-7/h1-5H,(H2,11,12);2-5H,8H2,1H3. The minimum atomic E-state index is -3.08. The fraction of sp³-hybridized carbons (Fsp3) is 0.0625. The number of nitrogen functional groups attached to an aromatic ring is 2. The van der Waals surface area contributed by atoms with E-state index in [1.54, 1.807) is 30.5 Å². The zero-order chi connectivity index (χ0) is 17.0. The van der Waals surface area contributed by atoms with Crippen LogP contribution in [0.5, 0.6) is 0 Å². The molecule has 0 spiro atoms. The van der Waals surface area contributed by atoms with Gasteiger partial charge in [-0.2, -0.15) is 0 Å². The van der Waals surface area contributed by atoms with Gasteiger partial charge in [0, 0.05) is 34.2 Å². The summed E-state index contributed by atoms with van der Waals surface area (Å²) in [5, 5.41) is 1.63. The van der Waals surface area contributed by atoms with Gasteiger partial charge in [-0.3, -0.25) is 4.98 Å². The van der Waals surface area contributed by atoms with Crippen molar-refractivity contribution in [2.45, 2.75) is 4.90 Å². The van der Waals surface area contributed by atoms with Gasteiger partial charge in [0.15, 0.2) is 9.84 Å². The predicted octanol–water partition coefficient (Wildman–Crippen LogP) is 3.14. The molecule has 4 N–H and O–H groups in total. The Kier molecular flexibility index (Phi) is 5.08. The number of sulfone groups is 1. The van der Waals surface area contributed by atoms with Crippen LogP contribution in [0.4, 0.5) is 11.4 Å². The Labute approximate surface area is 139 Å². The summed E-state index contributed by atoms with van der Waals surface area (Å²) in [6, 6.07) is 13.4. The SMILES string of the molecule is CS(=O)(=O)c1ccc(N)cc1.Nc1ccnc2cc(Cl)ccc12. The van der Waals surface area contributed by atoms with Crippen molar-refractivity contribution in [3.8, 4) is 0 Å². The number of hydrogen-bond donors (Lipinski definition) is 2. The molecular weight excluding hydrogens is 334 g/mol. The zero-order valence-corrected chi connectivity index (χ0v) is 14.0. The second kappa shape index (κ2) is 6.85. The number of halogens is 1. The molecule has 0 fully saturated rings. The molecule has 2 aromatic carbocycles. The van der Waals surface area contributed by atoms with Crippen molar-refractivity contribution in [3.63, 3.8) is 0 Å². The van der Waals surface area contributed by atoms with Crippen LogP contribution in [0.25, 0.3) is 10.9 Å². The average Bonchev–Trinajstić information content (AvgIpc) is 2.47. The average molecular weight is 350 g/mol. The minimum Gasteiger partial charge on any atom is -0.399 e. The third kappa shape index (κ3) is 4.58. The van der Waals surface area contributed by atoms with Gasteiger partial charge in [-0.15, -0.1) is 0 Å². The van der Waals surface area contributed by atoms with Crippen LogP contribution in [0, 0.1) is 0 Å². The molecule has 3 rings (SSSR count). The molecule has 1 aromatic heterocycles. The van der Waals surface area contributed by atoms with Crippen LogP contribution in [0.15, 0.2) is 59.6 Å². The lowest BCUT2D eigenvalue weighted by atomic mass is 10.2. The highest BCUT2D eigenvalue weighted by molar-refractivity contribution is 7.90. The Hall–Kier alpha value is -2.31. The molecule has 3 aromatic rings. The summed E-state index contributed by atoms with van der Waals surface area (Å²) in [5.41, 5.74) is 13.2. The largest absolute Gasteiger partial charge is 0.399 e. The number of nitrogens with zero attached hydrogens (tertiary/aromatic N) is 1. The van der Waals surface area contributed by atoms with E-state index in [0.29, 0.717) is 15.6 Å². The quantitative estimate of drug-likeness (QED) is 0.657. The maximum atomic E-state index is 10.9. The van der Waals surface area contributed by atoms with Gasteiger partial charge in [-0.1, -0.05) is 11.6 Å². The number of anilines is 2. The van der Waals surface area contributed by atoms with Gasteiger partial charge in [-0.25, -0.2) is 8.42 Å². The molecule has 0 amide bonds. The maximum Gasteiger partial charge on any atom is 0.175 e. The zero-order valence-electron chi connectivity index (χ0n) is 12.4. The fourth-order valence-corrected chi connectivity index (χ4v) is 2.66. The van der Waals surface area contributed by atoms with Crippen molar-refractivity contribution < 1.29 is 8.42 Å². The van der Waals surface area contributed by atoms with Gasteiger partial charge in [-0.05, 0) is 48.5 Å². The van der Waals surface area contributed by atoms with Crippen LogP contribution >= 0.6 is 11.6 Å². The number of fused-ring (bicyclic) bond motifs is 1. The number of rotatable bonds is 1. The van der Waals surface area contributed by atoms with E-state index in [9.17, 15) is 8.42 Å². The smallest absolute Gasteiger partial charge is 0.175 e. The summed E-state index contributed by atoms with van der Waals surface area (Å²) in [5.74, 6) is 0. The van der Waals surface area contributed by atoms with Crippen LogP contribution in [0.3, 0.4) is 0 Å². The first-order valence-corrected chi connectivity index (χ1v) is 8.89. The predicted molar refractivity (Wildman–Crippen MR) is 95.1 cm³/mol. The molecule has 0 aliphatic heterocycles. The first-order valence-electron chi connectivity index (χ1n) is 6.63. The van der Waals surface area contributed by atoms with Gasteiger partial charge in [0.25, 0.3) is 0 Å². The van der Waals surface area contributed by atoms with E-state index < -0.39 is 9.84 Å². The van der Waals surface area contributed by atoms with Gasteiger partial charge in [0.2, 0.25) is 0 Å². The lowest BCUT2D eigenvalue weighted by Crippen LogP contribution is -1.96. The Bertz CT molecular complexity index is 926. The van der Waals surface area contributed by atoms with E-state index in [1.165, 1.54) is 18.4 Å². The van der Waals surface area contributed by atoms with Crippen molar-refractivity contribution in [1.82, 2.24) is 4.98 Å². The summed E-state index contributed by atoms with van der Waals surface area (Å²) in [7, 11) is -3.08. The van der Waals surface area contributed by atoms with Gasteiger partial charge >= 0.3 is 0 Å². The molecule has 0 aliphatic carbocycles. The summed E-state index contributed by atoms with van der Waals surface area (Å²) < 4.78 is 21.8. The van der Waals surface area contributed by atoms with Crippen molar-refractivity contribution >= 4 is 43.7 Å². The Balaban J connectivity index is 0.000000168. The van der Waals surface area contributed by atoms with Crippen molar-refractivity contribution in [1.29, 1.82) is 0 Å². The summed E-state index contributed by atoms with van der Waals surface area (Å²) in [6.07, 6.45) is 2.84. The van der Waals surface area contributed by atoms with E-state index >= 15 is 0 Å². The molecule has 0 saturated carbocycles. The normalized spacial score (nSPS) is 10.9. The second-order valence-electron chi connectivity index (χ2n) is 4.90. The van der Waals surface area contributed by atoms with Gasteiger partial charge in [0.05, 0.1) is 10.4 Å². The first kappa shape index (κ1) is 17.1. The van der Waals surface area contributed by atoms with Crippen LogP contribution in [0.1, 0.15) is 0 Å². The molecule has 120 valence electrons. The van der Waals surface area contributed by atoms with E-state index in [2.05, 4.69) is 4.98 Å². The number of nitrogens with two attached hydrogens (primary N) is 2. The maximum absolute atomic E-state index is 10.9. The summed E-state index contributed by atoms with van der Waals surface area (Å²) in [4.78, 5) is 4.44. The Morgan fingerprint density at radius 3 is 2.26 bits per heavy atom. The highest BCUT2D eigenvalue weighted by Crippen LogP contribution is 2.21. The molecule has 5 nitrogen and oxygen atoms in total. The van der Waals surface area contributed by atoms with Crippen LogP contribution in [0.2, 0.25) is 5.02 Å². The number of benzene rings is 2. The summed E-state index contributed by atoms with van der Waals surface area (Å²) in [6.45, 7) is 0. The van der Waals surface area contributed by atoms with E-state index in [0.717, 1.165) is 16.6 Å². The van der Waals surface area contributed by atoms with E-state index in [-0.39, 0.29) is 0 Å². The monoisotopic (exact) mass is 349 g/mol. The molecule has 1 heterocycles. The van der Waals surface area contributed by atoms with Crippen LogP contribution < -0.4 is 11.5 Å². The van der Waals surface area contributed by atoms with Crippen LogP contribution in [-0.2, 0) is 9.84 Å². The molecular formula is C16H16ClN3O2S. The summed E-state index contributed by atoms with van der Waals surface area (Å²) >= 11 is 5.79. The minimum absolute atomic E-state index is 0.298. The Morgan fingerprint density at radius 2 is 1.65 bits per heavy atom. The van der Waals surface area contributed by atoms with Crippen LogP contribution in [-0.4, -0.2) is 19.7 Å². The van der Waals surface area contributed by atoms with Gasteiger partial charge < -0.3 is 11.5 Å². The second-order valence-corrected chi connectivity index (χ2v) is 7.36. The Morgan fingerprint density at radius 1 is 1.00 bits per heavy atom. The molecule has 7 heteroatoms.